The van der Waals surface area contributed by atoms with E-state index in [1.165, 1.54) is 48.6 Å². The van der Waals surface area contributed by atoms with Crippen LogP contribution in [0.4, 0.5) is 0 Å². The molecule has 1 saturated carbocycles. The van der Waals surface area contributed by atoms with Crippen molar-refractivity contribution in [3.8, 4) is 0 Å². The van der Waals surface area contributed by atoms with Gasteiger partial charge in [-0.2, -0.15) is 0 Å². The summed E-state index contributed by atoms with van der Waals surface area (Å²) in [6.07, 6.45) is 6.89. The summed E-state index contributed by atoms with van der Waals surface area (Å²) in [6, 6.07) is 8.92. The van der Waals surface area contributed by atoms with Gasteiger partial charge in [-0.15, -0.1) is 0 Å². The second-order valence-corrected chi connectivity index (χ2v) is 10.6. The van der Waals surface area contributed by atoms with Gasteiger partial charge >= 0.3 is 0 Å². The van der Waals surface area contributed by atoms with Gasteiger partial charge in [-0.25, -0.2) is 0 Å². The number of fused-ring (bicyclic) bond motifs is 2. The van der Waals surface area contributed by atoms with Crippen molar-refractivity contribution in [2.45, 2.75) is 57.8 Å². The van der Waals surface area contributed by atoms with Gasteiger partial charge in [0.2, 0.25) is 0 Å². The van der Waals surface area contributed by atoms with E-state index >= 15 is 0 Å². The van der Waals surface area contributed by atoms with Crippen molar-refractivity contribution in [1.29, 1.82) is 0 Å². The summed E-state index contributed by atoms with van der Waals surface area (Å²) in [6.45, 7) is 7.21. The van der Waals surface area contributed by atoms with Gasteiger partial charge in [-0.05, 0) is 87.6 Å². The van der Waals surface area contributed by atoms with E-state index in [1.807, 2.05) is 6.07 Å². The first-order chi connectivity index (χ1) is 14.4. The molecule has 2 heterocycles. The van der Waals surface area contributed by atoms with E-state index < -0.39 is 0 Å². The average molecular weight is 403 g/mol. The normalized spacial score (nSPS) is 29.7. The maximum absolute atomic E-state index is 12.6. The van der Waals surface area contributed by atoms with Crippen molar-refractivity contribution in [2.24, 2.45) is 11.3 Å². The van der Waals surface area contributed by atoms with E-state index in [-0.39, 0.29) is 22.2 Å². The Balaban J connectivity index is 1.50. The fraction of sp³-hybridized carbons (Fsp3) is 0.538. The number of carbonyl (C=O) groups is 1. The van der Waals surface area contributed by atoms with Gasteiger partial charge in [0.25, 0.3) is 5.56 Å². The zero-order valence-electron chi connectivity index (χ0n) is 18.0. The summed E-state index contributed by atoms with van der Waals surface area (Å²) in [5, 5.41) is 0. The Morgan fingerprint density at radius 2 is 1.97 bits per heavy atom. The van der Waals surface area contributed by atoms with E-state index in [9.17, 15) is 9.59 Å². The quantitative estimate of drug-likeness (QED) is 0.799. The number of carbonyl (C=O) groups excluding carboxylic acids is 1. The van der Waals surface area contributed by atoms with Crippen LogP contribution in [-0.2, 0) is 24.7 Å². The number of aryl methyl sites for hydroxylation is 1. The van der Waals surface area contributed by atoms with Crippen LogP contribution < -0.4 is 5.56 Å². The lowest BCUT2D eigenvalue weighted by molar-refractivity contribution is 0.00118. The van der Waals surface area contributed by atoms with Gasteiger partial charge in [0.15, 0.2) is 5.78 Å². The van der Waals surface area contributed by atoms with Crippen molar-refractivity contribution in [2.75, 3.05) is 19.6 Å². The summed E-state index contributed by atoms with van der Waals surface area (Å²) in [5.74, 6) is 0.759. The third-order valence-corrected chi connectivity index (χ3v) is 8.52. The van der Waals surface area contributed by atoms with Crippen LogP contribution in [-0.4, -0.2) is 35.3 Å². The second-order valence-electron chi connectivity index (χ2n) is 10.6. The standard InChI is InChI=1S/C26H30N2O2/c1-16-3-6-19-11-25-12-20-10-21(17(2)29)24(30)27-23(20)13-26(25,22(19)9-16)7-8-28(15-25)14-18-4-5-18/h3,6,9-10,18H,4-5,7-8,11-15H2,1-2H3,(H,27,30)/t25-,26-/m1/s1. The Morgan fingerprint density at radius 3 is 2.73 bits per heavy atom. The summed E-state index contributed by atoms with van der Waals surface area (Å²) in [4.78, 5) is 30.4. The molecular formula is C26H30N2O2. The van der Waals surface area contributed by atoms with Gasteiger partial charge < -0.3 is 9.88 Å². The molecule has 2 atom stereocenters. The van der Waals surface area contributed by atoms with Crippen LogP contribution in [0.1, 0.15) is 64.5 Å². The minimum Gasteiger partial charge on any atom is -0.325 e. The molecule has 0 amide bonds. The molecule has 1 aromatic heterocycles. The zero-order chi connectivity index (χ0) is 20.7. The molecule has 0 radical (unpaired) electrons. The molecule has 1 aliphatic heterocycles. The molecule has 2 fully saturated rings. The molecule has 4 nitrogen and oxygen atoms in total. The van der Waals surface area contributed by atoms with Crippen molar-refractivity contribution >= 4 is 5.78 Å². The van der Waals surface area contributed by atoms with E-state index in [2.05, 4.69) is 35.0 Å². The van der Waals surface area contributed by atoms with E-state index in [1.54, 1.807) is 0 Å². The molecule has 4 aliphatic rings. The lowest BCUT2D eigenvalue weighted by Crippen LogP contribution is -2.60. The number of aromatic nitrogens is 1. The van der Waals surface area contributed by atoms with Crippen molar-refractivity contribution < 1.29 is 4.79 Å². The summed E-state index contributed by atoms with van der Waals surface area (Å²) < 4.78 is 0. The Kier molecular flexibility index (Phi) is 3.81. The highest BCUT2D eigenvalue weighted by atomic mass is 16.1. The Morgan fingerprint density at radius 1 is 1.17 bits per heavy atom. The highest BCUT2D eigenvalue weighted by Gasteiger charge is 2.61. The Hall–Kier alpha value is -2.20. The molecule has 0 spiro atoms. The molecule has 1 aromatic carbocycles. The lowest BCUT2D eigenvalue weighted by Gasteiger charge is -2.56. The summed E-state index contributed by atoms with van der Waals surface area (Å²) in [7, 11) is 0. The first kappa shape index (κ1) is 18.6. The molecule has 0 bridgehead atoms. The van der Waals surface area contributed by atoms with E-state index in [4.69, 9.17) is 0 Å². The molecule has 3 aliphatic carbocycles. The molecule has 1 saturated heterocycles. The van der Waals surface area contributed by atoms with Crippen LogP contribution in [0.15, 0.2) is 29.1 Å². The number of ketones is 1. The number of piperidine rings is 1. The van der Waals surface area contributed by atoms with Gasteiger partial charge in [0.1, 0.15) is 0 Å². The highest BCUT2D eigenvalue weighted by molar-refractivity contribution is 5.93. The minimum absolute atomic E-state index is 0.0993. The fourth-order valence-corrected chi connectivity index (χ4v) is 6.91. The van der Waals surface area contributed by atoms with Gasteiger partial charge in [-0.1, -0.05) is 23.8 Å². The van der Waals surface area contributed by atoms with Crippen LogP contribution >= 0.6 is 0 Å². The number of Topliss-reactive ketones (excluding diaryl/α,β-unsaturated/α-hetero) is 1. The average Bonchev–Trinajstić information content (AvgIpc) is 3.46. The number of likely N-dealkylation sites (tertiary alicyclic amines) is 1. The maximum Gasteiger partial charge on any atom is 0.259 e. The topological polar surface area (TPSA) is 53.2 Å². The number of rotatable bonds is 3. The van der Waals surface area contributed by atoms with Crippen LogP contribution in [0.3, 0.4) is 0 Å². The van der Waals surface area contributed by atoms with Crippen molar-refractivity contribution in [3.05, 3.63) is 68.1 Å². The number of nitrogens with one attached hydrogen (secondary N) is 1. The number of aromatic amines is 1. The molecule has 1 N–H and O–H groups in total. The Bertz CT molecular complexity index is 1130. The van der Waals surface area contributed by atoms with Crippen LogP contribution in [0.5, 0.6) is 0 Å². The predicted molar refractivity (Wildman–Crippen MR) is 117 cm³/mol. The fourth-order valence-electron chi connectivity index (χ4n) is 6.91. The highest BCUT2D eigenvalue weighted by Crippen LogP contribution is 2.61. The van der Waals surface area contributed by atoms with Gasteiger partial charge in [0, 0.05) is 29.6 Å². The maximum atomic E-state index is 12.6. The van der Waals surface area contributed by atoms with Crippen LogP contribution in [0.25, 0.3) is 0 Å². The molecular weight excluding hydrogens is 372 g/mol. The largest absolute Gasteiger partial charge is 0.325 e. The molecule has 4 heteroatoms. The van der Waals surface area contributed by atoms with Crippen molar-refractivity contribution in [3.63, 3.8) is 0 Å². The third kappa shape index (κ3) is 2.56. The first-order valence-corrected chi connectivity index (χ1v) is 11.5. The monoisotopic (exact) mass is 402 g/mol. The smallest absolute Gasteiger partial charge is 0.259 e. The number of hydrogen-bond acceptors (Lipinski definition) is 3. The van der Waals surface area contributed by atoms with Crippen molar-refractivity contribution in [1.82, 2.24) is 9.88 Å². The van der Waals surface area contributed by atoms with E-state index in [0.29, 0.717) is 5.56 Å². The van der Waals surface area contributed by atoms with E-state index in [0.717, 1.165) is 50.4 Å². The Labute approximate surface area is 177 Å². The number of hydrogen-bond donors (Lipinski definition) is 1. The molecule has 0 unspecified atom stereocenters. The molecule has 30 heavy (non-hydrogen) atoms. The van der Waals surface area contributed by atoms with Crippen LogP contribution in [0, 0.1) is 18.3 Å². The van der Waals surface area contributed by atoms with Gasteiger partial charge in [-0.3, -0.25) is 9.59 Å². The first-order valence-electron chi connectivity index (χ1n) is 11.5. The van der Waals surface area contributed by atoms with Gasteiger partial charge in [0.05, 0.1) is 5.56 Å². The second kappa shape index (κ2) is 6.16. The van der Waals surface area contributed by atoms with Crippen LogP contribution in [0.2, 0.25) is 0 Å². The molecule has 2 aromatic rings. The third-order valence-electron chi connectivity index (χ3n) is 8.52. The summed E-state index contributed by atoms with van der Waals surface area (Å²) in [5.41, 5.74) is 6.95. The lowest BCUT2D eigenvalue weighted by atomic mass is 9.52. The zero-order valence-corrected chi connectivity index (χ0v) is 18.0. The predicted octanol–water partition coefficient (Wildman–Crippen LogP) is 3.58. The number of benzene rings is 1. The molecule has 156 valence electrons. The molecule has 6 rings (SSSR count). The number of pyridine rings is 1. The minimum atomic E-state index is -0.223. The number of H-pyrrole nitrogens is 1. The number of nitrogens with zero attached hydrogens (tertiary/aromatic N) is 1. The SMILES string of the molecule is CC(=O)c1cc2c([nH]c1=O)C[C@@]13CCN(CC4CC4)C[C@@]1(Cc1ccc(C)cc13)C2. The summed E-state index contributed by atoms with van der Waals surface area (Å²) >= 11 is 0.